The zero-order valence-electron chi connectivity index (χ0n) is 15.7. The van der Waals surface area contributed by atoms with Crippen LogP contribution in [0.5, 0.6) is 0 Å². The maximum Gasteiger partial charge on any atom is 0.332 e. The van der Waals surface area contributed by atoms with Gasteiger partial charge in [-0.05, 0) is 17.7 Å². The van der Waals surface area contributed by atoms with E-state index >= 15 is 0 Å². The van der Waals surface area contributed by atoms with Crippen LogP contribution < -0.4 is 16.6 Å². The molecule has 10 heteroatoms. The molecule has 1 unspecified atom stereocenters. The molecule has 9 nitrogen and oxygen atoms in total. The molecule has 0 aliphatic heterocycles. The van der Waals surface area contributed by atoms with Gasteiger partial charge in [-0.25, -0.2) is 14.2 Å². The quantitative estimate of drug-likeness (QED) is 0.643. The number of hydrogen-bond donors (Lipinski definition) is 1. The van der Waals surface area contributed by atoms with Crippen LogP contribution in [0.1, 0.15) is 11.7 Å². The Hall–Kier alpha value is -3.27. The van der Waals surface area contributed by atoms with Gasteiger partial charge in [0.2, 0.25) is 5.91 Å². The molecule has 0 aliphatic rings. The zero-order chi connectivity index (χ0) is 20.4. The number of carbonyl (C=O) groups is 1. The fourth-order valence-corrected chi connectivity index (χ4v) is 2.98. The first kappa shape index (κ1) is 19.5. The summed E-state index contributed by atoms with van der Waals surface area (Å²) in [5.41, 5.74) is -0.0634. The van der Waals surface area contributed by atoms with E-state index in [0.29, 0.717) is 5.56 Å². The third-order valence-corrected chi connectivity index (χ3v) is 4.52. The van der Waals surface area contributed by atoms with Crippen molar-refractivity contribution >= 4 is 17.1 Å². The number of aryl methyl sites for hydroxylation is 1. The van der Waals surface area contributed by atoms with E-state index in [1.165, 1.54) is 48.8 Å². The number of imidazole rings is 1. The number of nitrogens with one attached hydrogen (secondary N) is 1. The summed E-state index contributed by atoms with van der Waals surface area (Å²) in [6.07, 6.45) is 0.818. The van der Waals surface area contributed by atoms with Gasteiger partial charge in [0.05, 0.1) is 12.4 Å². The van der Waals surface area contributed by atoms with Gasteiger partial charge in [-0.2, -0.15) is 0 Å². The van der Waals surface area contributed by atoms with E-state index < -0.39 is 23.2 Å². The van der Waals surface area contributed by atoms with Gasteiger partial charge < -0.3 is 14.6 Å². The number of amides is 1. The Morgan fingerprint density at radius 1 is 1.29 bits per heavy atom. The van der Waals surface area contributed by atoms with Crippen LogP contribution in [0.2, 0.25) is 0 Å². The van der Waals surface area contributed by atoms with E-state index in [0.717, 1.165) is 4.57 Å². The lowest BCUT2D eigenvalue weighted by molar-refractivity contribution is -0.122. The predicted molar refractivity (Wildman–Crippen MR) is 99.4 cm³/mol. The van der Waals surface area contributed by atoms with Gasteiger partial charge in [0.1, 0.15) is 12.4 Å². The lowest BCUT2D eigenvalue weighted by Crippen LogP contribution is -2.38. The Bertz CT molecular complexity index is 1150. The molecule has 2 heterocycles. The number of ether oxygens (including phenoxy) is 1. The molecule has 0 aliphatic carbocycles. The Balaban J connectivity index is 1.77. The summed E-state index contributed by atoms with van der Waals surface area (Å²) in [4.78, 5) is 40.8. The molecule has 148 valence electrons. The monoisotopic (exact) mass is 389 g/mol. The molecule has 1 N–H and O–H groups in total. The van der Waals surface area contributed by atoms with Gasteiger partial charge in [0.15, 0.2) is 11.2 Å². The van der Waals surface area contributed by atoms with Crippen LogP contribution in [-0.4, -0.2) is 38.2 Å². The summed E-state index contributed by atoms with van der Waals surface area (Å²) in [6, 6.07) is 5.94. The van der Waals surface area contributed by atoms with Gasteiger partial charge in [0, 0.05) is 27.7 Å². The molecule has 1 aromatic carbocycles. The number of halogens is 1. The first-order chi connectivity index (χ1) is 13.3. The number of nitrogens with zero attached hydrogens (tertiary/aromatic N) is 4. The largest absolute Gasteiger partial charge is 0.375 e. The fourth-order valence-electron chi connectivity index (χ4n) is 2.98. The van der Waals surface area contributed by atoms with E-state index in [2.05, 4.69) is 10.3 Å². The molecule has 3 aromatic rings. The molecule has 0 radical (unpaired) electrons. The minimum Gasteiger partial charge on any atom is -0.375 e. The minimum atomic E-state index is -0.530. The van der Waals surface area contributed by atoms with Crippen molar-refractivity contribution in [1.82, 2.24) is 24.0 Å². The maximum atomic E-state index is 13.4. The van der Waals surface area contributed by atoms with Crippen LogP contribution in [0, 0.1) is 5.82 Å². The van der Waals surface area contributed by atoms with Gasteiger partial charge in [0.25, 0.3) is 5.56 Å². The smallest absolute Gasteiger partial charge is 0.332 e. The first-order valence-electron chi connectivity index (χ1n) is 8.49. The highest BCUT2D eigenvalue weighted by atomic mass is 19.1. The number of methoxy groups -OCH3 is 1. The van der Waals surface area contributed by atoms with Crippen LogP contribution in [0.25, 0.3) is 11.2 Å². The fraction of sp³-hybridized carbons (Fsp3) is 0.333. The summed E-state index contributed by atoms with van der Waals surface area (Å²) in [5, 5.41) is 2.70. The molecule has 28 heavy (non-hydrogen) atoms. The van der Waals surface area contributed by atoms with Crippen molar-refractivity contribution in [2.24, 2.45) is 14.1 Å². The third-order valence-electron chi connectivity index (χ3n) is 4.52. The molecule has 3 rings (SSSR count). The lowest BCUT2D eigenvalue weighted by Gasteiger charge is -2.17. The summed E-state index contributed by atoms with van der Waals surface area (Å²) >= 11 is 0. The normalized spacial score (nSPS) is 12.3. The number of carbonyl (C=O) groups excluding carboxylic acids is 1. The number of fused-ring (bicyclic) bond motifs is 1. The van der Waals surface area contributed by atoms with Crippen molar-refractivity contribution in [3.05, 3.63) is 62.8 Å². The van der Waals surface area contributed by atoms with Gasteiger partial charge in [-0.15, -0.1) is 0 Å². The van der Waals surface area contributed by atoms with E-state index in [1.807, 2.05) is 0 Å². The molecule has 0 bridgehead atoms. The Labute approximate surface area is 159 Å². The third kappa shape index (κ3) is 3.58. The summed E-state index contributed by atoms with van der Waals surface area (Å²) in [7, 11) is 4.34. The van der Waals surface area contributed by atoms with Crippen molar-refractivity contribution < 1.29 is 13.9 Å². The number of aromatic nitrogens is 4. The molecule has 0 fully saturated rings. The van der Waals surface area contributed by atoms with E-state index in [4.69, 9.17) is 4.74 Å². The average molecular weight is 389 g/mol. The molecule has 0 spiro atoms. The number of hydrogen-bond acceptors (Lipinski definition) is 5. The molecular formula is C18H20FN5O4. The van der Waals surface area contributed by atoms with Gasteiger partial charge in [-0.1, -0.05) is 12.1 Å². The van der Waals surface area contributed by atoms with Crippen molar-refractivity contribution in [2.45, 2.75) is 12.6 Å². The second-order valence-electron chi connectivity index (χ2n) is 6.33. The van der Waals surface area contributed by atoms with E-state index in [9.17, 15) is 18.8 Å². The zero-order valence-corrected chi connectivity index (χ0v) is 15.7. The molecule has 1 atom stereocenters. The summed E-state index contributed by atoms with van der Waals surface area (Å²) < 4.78 is 22.3. The van der Waals surface area contributed by atoms with E-state index in [1.54, 1.807) is 12.1 Å². The second kappa shape index (κ2) is 7.77. The Morgan fingerprint density at radius 2 is 2.04 bits per heavy atom. The highest BCUT2D eigenvalue weighted by Crippen LogP contribution is 2.16. The Kier molecular flexibility index (Phi) is 5.41. The first-order valence-corrected chi connectivity index (χ1v) is 8.49. The van der Waals surface area contributed by atoms with Crippen molar-refractivity contribution in [3.8, 4) is 0 Å². The van der Waals surface area contributed by atoms with Crippen LogP contribution in [0.15, 0.2) is 40.2 Å². The second-order valence-corrected chi connectivity index (χ2v) is 6.33. The van der Waals surface area contributed by atoms with Crippen LogP contribution in [-0.2, 0) is 30.2 Å². The van der Waals surface area contributed by atoms with Crippen LogP contribution >= 0.6 is 0 Å². The molecule has 0 saturated heterocycles. The molecule has 2 aromatic heterocycles. The van der Waals surface area contributed by atoms with Gasteiger partial charge >= 0.3 is 5.69 Å². The van der Waals surface area contributed by atoms with Crippen molar-refractivity contribution in [3.63, 3.8) is 0 Å². The van der Waals surface area contributed by atoms with E-state index in [-0.39, 0.29) is 30.2 Å². The summed E-state index contributed by atoms with van der Waals surface area (Å²) in [5.74, 6) is -0.772. The van der Waals surface area contributed by atoms with Crippen LogP contribution in [0.4, 0.5) is 4.39 Å². The number of benzene rings is 1. The van der Waals surface area contributed by atoms with Crippen LogP contribution in [0.3, 0.4) is 0 Å². The Morgan fingerprint density at radius 3 is 2.71 bits per heavy atom. The summed E-state index contributed by atoms with van der Waals surface area (Å²) in [6.45, 7) is -0.0363. The predicted octanol–water partition coefficient (Wildman–Crippen LogP) is 0.0767. The highest BCUT2D eigenvalue weighted by molar-refractivity contribution is 5.78. The topological polar surface area (TPSA) is 100 Å². The molecular weight excluding hydrogens is 369 g/mol. The highest BCUT2D eigenvalue weighted by Gasteiger charge is 2.17. The lowest BCUT2D eigenvalue weighted by atomic mass is 10.1. The standard InChI is InChI=1S/C18H20FN5O4/c1-22-16-15(17(26)23(2)18(22)27)24(10-21-16)9-14(25)20-8-13(28-3)11-5-4-6-12(19)7-11/h4-7,10,13H,8-9H2,1-3H3,(H,20,25). The van der Waals surface area contributed by atoms with Crippen molar-refractivity contribution in [2.75, 3.05) is 13.7 Å². The molecule has 1 amide bonds. The van der Waals surface area contributed by atoms with Crippen molar-refractivity contribution in [1.29, 1.82) is 0 Å². The average Bonchev–Trinajstić information content (AvgIpc) is 3.09. The van der Waals surface area contributed by atoms with Gasteiger partial charge in [-0.3, -0.25) is 18.7 Å². The maximum absolute atomic E-state index is 13.4. The number of rotatable bonds is 6. The molecule has 0 saturated carbocycles. The SMILES string of the molecule is COC(CNC(=O)Cn1cnc2c1c(=O)n(C)c(=O)n2C)c1cccc(F)c1. The minimum absolute atomic E-state index is 0.127.